The summed E-state index contributed by atoms with van der Waals surface area (Å²) in [6.45, 7) is 1.22. The van der Waals surface area contributed by atoms with Crippen LogP contribution in [-0.4, -0.2) is 51.2 Å². The van der Waals surface area contributed by atoms with E-state index >= 15 is 0 Å². The zero-order valence-corrected chi connectivity index (χ0v) is 20.1. The van der Waals surface area contributed by atoms with Crippen LogP contribution in [0.15, 0.2) is 54.6 Å². The van der Waals surface area contributed by atoms with E-state index in [1.807, 2.05) is 13.1 Å². The van der Waals surface area contributed by atoms with E-state index in [2.05, 4.69) is 35.1 Å². The van der Waals surface area contributed by atoms with Crippen LogP contribution in [-0.2, 0) is 10.0 Å². The number of hydrogen-bond acceptors (Lipinski definition) is 5. The van der Waals surface area contributed by atoms with Crippen molar-refractivity contribution >= 4 is 21.6 Å². The summed E-state index contributed by atoms with van der Waals surface area (Å²) in [7, 11) is -1.37. The van der Waals surface area contributed by atoms with E-state index in [9.17, 15) is 13.2 Å². The van der Waals surface area contributed by atoms with Crippen LogP contribution >= 0.6 is 0 Å². The molecule has 2 fully saturated rings. The Morgan fingerprint density at radius 3 is 2.48 bits per heavy atom. The summed E-state index contributed by atoms with van der Waals surface area (Å²) in [6.07, 6.45) is 6.03. The minimum Gasteiger partial charge on any atom is -0.342 e. The second-order valence-corrected chi connectivity index (χ2v) is 11.1. The van der Waals surface area contributed by atoms with Gasteiger partial charge < -0.3 is 4.90 Å². The lowest BCUT2D eigenvalue weighted by Gasteiger charge is -2.19. The minimum atomic E-state index is -3.20. The fourth-order valence-corrected chi connectivity index (χ4v) is 6.22. The smallest absolute Gasteiger partial charge is 0.253 e. The Kier molecular flexibility index (Phi) is 7.67. The molecule has 0 bridgehead atoms. The van der Waals surface area contributed by atoms with Gasteiger partial charge in [0.1, 0.15) is 0 Å². The minimum absolute atomic E-state index is 0.0295. The average Bonchev–Trinajstić information content (AvgIpc) is 3.45. The molecule has 0 spiro atoms. The predicted octanol–water partition coefficient (Wildman–Crippen LogP) is 3.47. The van der Waals surface area contributed by atoms with Gasteiger partial charge in [0.25, 0.3) is 5.91 Å². The second-order valence-electron chi connectivity index (χ2n) is 9.05. The Bertz CT molecular complexity index is 1030. The first-order valence-electron chi connectivity index (χ1n) is 11.9. The summed E-state index contributed by atoms with van der Waals surface area (Å²) in [6, 6.07) is 18.3. The van der Waals surface area contributed by atoms with E-state index in [1.54, 1.807) is 29.2 Å². The number of hydrazine groups is 1. The van der Waals surface area contributed by atoms with E-state index in [1.165, 1.54) is 9.87 Å². The second kappa shape index (κ2) is 10.7. The molecule has 2 saturated heterocycles. The predicted molar refractivity (Wildman–Crippen MR) is 131 cm³/mol. The van der Waals surface area contributed by atoms with E-state index in [-0.39, 0.29) is 11.7 Å². The molecule has 2 unspecified atom stereocenters. The van der Waals surface area contributed by atoms with Crippen molar-refractivity contribution in [2.45, 2.75) is 50.6 Å². The molecule has 33 heavy (non-hydrogen) atoms. The number of anilines is 1. The monoisotopic (exact) mass is 470 g/mol. The number of sulfonamides is 1. The Labute approximate surface area is 197 Å². The highest BCUT2D eigenvalue weighted by Crippen LogP contribution is 2.25. The van der Waals surface area contributed by atoms with Gasteiger partial charge in [-0.25, -0.2) is 8.42 Å². The normalized spacial score (nSPS) is 21.9. The first-order chi connectivity index (χ1) is 15.9. The van der Waals surface area contributed by atoms with Gasteiger partial charge in [0.05, 0.1) is 11.4 Å². The van der Waals surface area contributed by atoms with Crippen molar-refractivity contribution in [3.05, 3.63) is 65.7 Å². The Morgan fingerprint density at radius 1 is 1.03 bits per heavy atom. The van der Waals surface area contributed by atoms with Crippen LogP contribution < -0.4 is 15.2 Å². The SMILES string of the molecule is CN(CCCCCC1CC(c2ccccc2)NN1)C(=O)c1ccc(N2CCCS2(=O)=O)cc1. The van der Waals surface area contributed by atoms with Crippen molar-refractivity contribution < 1.29 is 13.2 Å². The fourth-order valence-electron chi connectivity index (χ4n) is 4.65. The van der Waals surface area contributed by atoms with Crippen molar-refractivity contribution in [2.24, 2.45) is 0 Å². The summed E-state index contributed by atoms with van der Waals surface area (Å²) in [5, 5.41) is 0. The third-order valence-electron chi connectivity index (χ3n) is 6.58. The van der Waals surface area contributed by atoms with Crippen LogP contribution in [0.25, 0.3) is 0 Å². The number of benzene rings is 2. The number of amides is 1. The summed E-state index contributed by atoms with van der Waals surface area (Å²) in [5.41, 5.74) is 9.37. The van der Waals surface area contributed by atoms with Gasteiger partial charge in [-0.05, 0) is 55.5 Å². The molecule has 2 heterocycles. The van der Waals surface area contributed by atoms with E-state index in [0.29, 0.717) is 42.8 Å². The molecule has 7 nitrogen and oxygen atoms in total. The lowest BCUT2D eigenvalue weighted by Crippen LogP contribution is -2.30. The van der Waals surface area contributed by atoms with Gasteiger partial charge in [-0.2, -0.15) is 0 Å². The van der Waals surface area contributed by atoms with Gasteiger partial charge in [0.15, 0.2) is 0 Å². The van der Waals surface area contributed by atoms with Crippen LogP contribution in [0.4, 0.5) is 5.69 Å². The first-order valence-corrected chi connectivity index (χ1v) is 13.5. The molecule has 8 heteroatoms. The van der Waals surface area contributed by atoms with Crippen molar-refractivity contribution in [1.82, 2.24) is 15.8 Å². The highest BCUT2D eigenvalue weighted by molar-refractivity contribution is 7.93. The maximum Gasteiger partial charge on any atom is 0.253 e. The molecule has 2 N–H and O–H groups in total. The Morgan fingerprint density at radius 2 is 1.79 bits per heavy atom. The third-order valence-corrected chi connectivity index (χ3v) is 8.45. The topological polar surface area (TPSA) is 81.8 Å². The zero-order chi connectivity index (χ0) is 23.3. The molecule has 2 aliphatic rings. The van der Waals surface area contributed by atoms with Gasteiger partial charge >= 0.3 is 0 Å². The summed E-state index contributed by atoms with van der Waals surface area (Å²) < 4.78 is 25.6. The number of carbonyl (C=O) groups excluding carboxylic acids is 1. The molecule has 0 saturated carbocycles. The van der Waals surface area contributed by atoms with Crippen LogP contribution in [0, 0.1) is 0 Å². The van der Waals surface area contributed by atoms with Crippen LogP contribution in [0.3, 0.4) is 0 Å². The quantitative estimate of drug-likeness (QED) is 0.549. The molecule has 178 valence electrons. The Balaban J connectivity index is 1.16. The van der Waals surface area contributed by atoms with Crippen molar-refractivity contribution in [3.8, 4) is 0 Å². The largest absolute Gasteiger partial charge is 0.342 e. The van der Waals surface area contributed by atoms with Gasteiger partial charge in [-0.3, -0.25) is 20.0 Å². The van der Waals surface area contributed by atoms with Crippen LogP contribution in [0.2, 0.25) is 0 Å². The average molecular weight is 471 g/mol. The van der Waals surface area contributed by atoms with E-state index < -0.39 is 10.0 Å². The lowest BCUT2D eigenvalue weighted by molar-refractivity contribution is 0.0792. The molecular formula is C25H34N4O3S. The lowest BCUT2D eigenvalue weighted by atomic mass is 9.99. The fraction of sp³-hybridized carbons (Fsp3) is 0.480. The standard InChI is InChI=1S/C25H34N4O3S/c1-28(25(30)21-12-14-23(15-13-21)29-17-8-18-33(29,31)32)16-7-3-6-11-22-19-24(27-26-22)20-9-4-2-5-10-20/h2,4-5,9-10,12-15,22,24,26-27H,3,6-8,11,16-19H2,1H3. The third kappa shape index (κ3) is 5.93. The molecule has 2 aromatic carbocycles. The first kappa shape index (κ1) is 23.7. The van der Waals surface area contributed by atoms with Gasteiger partial charge in [-0.1, -0.05) is 43.2 Å². The number of hydrogen-bond donors (Lipinski definition) is 2. The summed E-state index contributed by atoms with van der Waals surface area (Å²) in [4.78, 5) is 14.5. The van der Waals surface area contributed by atoms with Gasteiger partial charge in [-0.15, -0.1) is 0 Å². The molecule has 0 aliphatic carbocycles. The number of carbonyl (C=O) groups is 1. The van der Waals surface area contributed by atoms with E-state index in [4.69, 9.17) is 0 Å². The maximum atomic E-state index is 12.7. The molecule has 2 aromatic rings. The number of nitrogens with one attached hydrogen (secondary N) is 2. The van der Waals surface area contributed by atoms with Gasteiger partial charge in [0.2, 0.25) is 10.0 Å². The number of rotatable bonds is 9. The summed E-state index contributed by atoms with van der Waals surface area (Å²) >= 11 is 0. The van der Waals surface area contributed by atoms with Crippen LogP contribution in [0.5, 0.6) is 0 Å². The molecule has 0 aromatic heterocycles. The molecule has 4 rings (SSSR count). The molecule has 1 amide bonds. The van der Waals surface area contributed by atoms with Crippen molar-refractivity contribution in [1.29, 1.82) is 0 Å². The molecular weight excluding hydrogens is 436 g/mol. The number of nitrogens with zero attached hydrogens (tertiary/aromatic N) is 2. The molecule has 0 radical (unpaired) electrons. The summed E-state index contributed by atoms with van der Waals surface area (Å²) in [5.74, 6) is 0.162. The van der Waals surface area contributed by atoms with Crippen molar-refractivity contribution in [2.75, 3.05) is 30.2 Å². The maximum absolute atomic E-state index is 12.7. The number of unbranched alkanes of at least 4 members (excludes halogenated alkanes) is 2. The highest BCUT2D eigenvalue weighted by Gasteiger charge is 2.28. The van der Waals surface area contributed by atoms with E-state index in [0.717, 1.165) is 32.1 Å². The molecule has 2 atom stereocenters. The Hall–Kier alpha value is -2.42. The zero-order valence-electron chi connectivity index (χ0n) is 19.2. The highest BCUT2D eigenvalue weighted by atomic mass is 32.2. The van der Waals surface area contributed by atoms with Gasteiger partial charge in [0, 0.05) is 37.8 Å². The van der Waals surface area contributed by atoms with Crippen LogP contribution in [0.1, 0.15) is 60.5 Å². The van der Waals surface area contributed by atoms with Crippen molar-refractivity contribution in [3.63, 3.8) is 0 Å². The molecule has 2 aliphatic heterocycles.